The van der Waals surface area contributed by atoms with Crippen LogP contribution in [0.5, 0.6) is 0 Å². The predicted molar refractivity (Wildman–Crippen MR) is 92.2 cm³/mol. The summed E-state index contributed by atoms with van der Waals surface area (Å²) < 4.78 is 22.2. The second-order valence-electron chi connectivity index (χ2n) is 6.55. The molecule has 0 N–H and O–H groups in total. The molecule has 5 heteroatoms. The van der Waals surface area contributed by atoms with Crippen molar-refractivity contribution in [1.82, 2.24) is 9.78 Å². The molecule has 0 saturated carbocycles. The third-order valence-corrected chi connectivity index (χ3v) is 4.88. The van der Waals surface area contributed by atoms with Crippen LogP contribution in [0.3, 0.4) is 0 Å². The highest BCUT2D eigenvalue weighted by Crippen LogP contribution is 2.29. The number of aromatic nitrogens is 2. The third kappa shape index (κ3) is 3.18. The lowest BCUT2D eigenvalue weighted by molar-refractivity contribution is -0.0394. The van der Waals surface area contributed by atoms with Crippen molar-refractivity contribution in [3.63, 3.8) is 0 Å². The number of hydrogen-bond donors (Lipinski definition) is 0. The maximum absolute atomic E-state index is 14.6. The fraction of sp³-hybridized carbons (Fsp3) is 0.474. The van der Waals surface area contributed by atoms with Gasteiger partial charge < -0.3 is 9.64 Å². The van der Waals surface area contributed by atoms with E-state index in [9.17, 15) is 4.39 Å². The summed E-state index contributed by atoms with van der Waals surface area (Å²) in [7, 11) is 0. The van der Waals surface area contributed by atoms with E-state index in [0.717, 1.165) is 62.9 Å². The Hall–Kier alpha value is -1.88. The van der Waals surface area contributed by atoms with E-state index in [4.69, 9.17) is 4.74 Å². The maximum Gasteiger partial charge on any atom is 0.150 e. The summed E-state index contributed by atoms with van der Waals surface area (Å²) in [4.78, 5) is 2.12. The first kappa shape index (κ1) is 15.6. The lowest BCUT2D eigenvalue weighted by Gasteiger charge is -2.29. The zero-order valence-corrected chi connectivity index (χ0v) is 13.8. The number of hydrogen-bond acceptors (Lipinski definition) is 3. The molecule has 2 saturated heterocycles. The van der Waals surface area contributed by atoms with Crippen LogP contribution in [0, 0.1) is 12.2 Å². The van der Waals surface area contributed by atoms with Crippen molar-refractivity contribution in [2.24, 2.45) is 0 Å². The van der Waals surface area contributed by atoms with Gasteiger partial charge in [-0.2, -0.15) is 5.10 Å². The first-order chi connectivity index (χ1) is 11.8. The van der Waals surface area contributed by atoms with Gasteiger partial charge in [0.1, 0.15) is 12.0 Å². The maximum atomic E-state index is 14.6. The Kier molecular flexibility index (Phi) is 4.52. The SMILES string of the molecule is Fc1cc(-c2cnn(C3CCCCO3)c2)ccc1N1CC[CH]CC1. The van der Waals surface area contributed by atoms with Gasteiger partial charge in [0.05, 0.1) is 11.9 Å². The molecular weight excluding hydrogens is 305 g/mol. The fourth-order valence-corrected chi connectivity index (χ4v) is 3.51. The van der Waals surface area contributed by atoms with Crippen molar-refractivity contribution in [3.8, 4) is 11.1 Å². The minimum atomic E-state index is -0.156. The first-order valence-corrected chi connectivity index (χ1v) is 8.83. The molecule has 3 heterocycles. The van der Waals surface area contributed by atoms with Crippen molar-refractivity contribution < 1.29 is 9.13 Å². The Morgan fingerprint density at radius 2 is 2.00 bits per heavy atom. The van der Waals surface area contributed by atoms with Crippen LogP contribution in [0.15, 0.2) is 30.6 Å². The van der Waals surface area contributed by atoms with Crippen molar-refractivity contribution in [2.45, 2.75) is 38.3 Å². The summed E-state index contributed by atoms with van der Waals surface area (Å²) in [5.74, 6) is -0.156. The molecule has 0 spiro atoms. The molecule has 1 aromatic heterocycles. The molecule has 4 nitrogen and oxygen atoms in total. The van der Waals surface area contributed by atoms with Crippen LogP contribution in [0.2, 0.25) is 0 Å². The summed E-state index contributed by atoms with van der Waals surface area (Å²) in [6.07, 6.45) is 11.3. The average Bonchev–Trinajstić information content (AvgIpc) is 3.13. The topological polar surface area (TPSA) is 30.3 Å². The molecule has 1 atom stereocenters. The normalized spacial score (nSPS) is 21.9. The largest absolute Gasteiger partial charge is 0.369 e. The number of halogens is 1. The monoisotopic (exact) mass is 328 g/mol. The molecule has 1 radical (unpaired) electrons. The lowest BCUT2D eigenvalue weighted by Crippen LogP contribution is -2.30. The molecule has 4 rings (SSSR count). The molecule has 2 fully saturated rings. The van der Waals surface area contributed by atoms with Crippen molar-refractivity contribution in [3.05, 3.63) is 42.8 Å². The Labute approximate surface area is 142 Å². The van der Waals surface area contributed by atoms with Gasteiger partial charge in [0.15, 0.2) is 0 Å². The van der Waals surface area contributed by atoms with Gasteiger partial charge in [0.25, 0.3) is 0 Å². The van der Waals surface area contributed by atoms with Crippen molar-refractivity contribution in [2.75, 3.05) is 24.6 Å². The van der Waals surface area contributed by atoms with E-state index in [1.807, 2.05) is 23.0 Å². The van der Waals surface area contributed by atoms with E-state index in [0.29, 0.717) is 5.69 Å². The summed E-state index contributed by atoms with van der Waals surface area (Å²) in [5.41, 5.74) is 2.50. The number of benzene rings is 1. The Morgan fingerprint density at radius 1 is 1.12 bits per heavy atom. The molecular formula is C19H23FN3O. The Bertz CT molecular complexity index is 688. The average molecular weight is 328 g/mol. The second-order valence-corrected chi connectivity index (χ2v) is 6.55. The summed E-state index contributed by atoms with van der Waals surface area (Å²) in [6, 6.07) is 5.50. The lowest BCUT2D eigenvalue weighted by atomic mass is 10.1. The molecule has 127 valence electrons. The number of rotatable bonds is 3. The number of piperidine rings is 1. The number of anilines is 1. The highest BCUT2D eigenvalue weighted by atomic mass is 19.1. The zero-order valence-electron chi connectivity index (χ0n) is 13.8. The van der Waals surface area contributed by atoms with E-state index in [1.165, 1.54) is 0 Å². The van der Waals surface area contributed by atoms with Gasteiger partial charge in [-0.15, -0.1) is 0 Å². The predicted octanol–water partition coefficient (Wildman–Crippen LogP) is 4.19. The van der Waals surface area contributed by atoms with Crippen LogP contribution in [0.1, 0.15) is 38.3 Å². The second kappa shape index (κ2) is 6.93. The van der Waals surface area contributed by atoms with E-state index in [-0.39, 0.29) is 12.0 Å². The summed E-state index contributed by atoms with van der Waals surface area (Å²) >= 11 is 0. The van der Waals surface area contributed by atoms with Gasteiger partial charge in [0, 0.05) is 31.5 Å². The molecule has 2 aliphatic rings. The molecule has 2 aromatic rings. The zero-order chi connectivity index (χ0) is 16.4. The van der Waals surface area contributed by atoms with Crippen molar-refractivity contribution in [1.29, 1.82) is 0 Å². The standard InChI is InChI=1S/C19H23FN3O/c20-17-12-15(7-8-18(17)22-9-3-1-4-10-22)16-13-21-23(14-16)19-6-2-5-11-24-19/h1,7-8,12-14,19H,2-6,9-11H2. The smallest absolute Gasteiger partial charge is 0.150 e. The van der Waals surface area contributed by atoms with Gasteiger partial charge in [-0.1, -0.05) is 6.07 Å². The van der Waals surface area contributed by atoms with Crippen molar-refractivity contribution >= 4 is 5.69 Å². The molecule has 1 unspecified atom stereocenters. The van der Waals surface area contributed by atoms with Gasteiger partial charge in [-0.05, 0) is 56.2 Å². The van der Waals surface area contributed by atoms with Gasteiger partial charge in [-0.25, -0.2) is 9.07 Å². The number of ether oxygens (including phenoxy) is 1. The molecule has 2 aliphatic heterocycles. The number of nitrogens with zero attached hydrogens (tertiary/aromatic N) is 3. The Balaban J connectivity index is 1.54. The molecule has 0 amide bonds. The third-order valence-electron chi connectivity index (χ3n) is 4.88. The van der Waals surface area contributed by atoms with Crippen LogP contribution >= 0.6 is 0 Å². The minimum Gasteiger partial charge on any atom is -0.369 e. The van der Waals surface area contributed by atoms with E-state index in [2.05, 4.69) is 16.4 Å². The molecule has 0 bridgehead atoms. The van der Waals surface area contributed by atoms with Crippen LogP contribution in [0.4, 0.5) is 10.1 Å². The highest BCUT2D eigenvalue weighted by molar-refractivity contribution is 5.65. The van der Waals surface area contributed by atoms with Gasteiger partial charge >= 0.3 is 0 Å². The van der Waals surface area contributed by atoms with Crippen LogP contribution in [-0.2, 0) is 4.74 Å². The van der Waals surface area contributed by atoms with Crippen LogP contribution < -0.4 is 4.90 Å². The minimum absolute atomic E-state index is 0.0150. The van der Waals surface area contributed by atoms with E-state index < -0.39 is 0 Å². The van der Waals surface area contributed by atoms with Crippen LogP contribution in [0.25, 0.3) is 11.1 Å². The molecule has 1 aromatic carbocycles. The molecule has 24 heavy (non-hydrogen) atoms. The van der Waals surface area contributed by atoms with Crippen LogP contribution in [-0.4, -0.2) is 29.5 Å². The highest BCUT2D eigenvalue weighted by Gasteiger charge is 2.18. The molecule has 0 aliphatic carbocycles. The van der Waals surface area contributed by atoms with Gasteiger partial charge in [0.2, 0.25) is 0 Å². The first-order valence-electron chi connectivity index (χ1n) is 8.83. The quantitative estimate of drug-likeness (QED) is 0.846. The van der Waals surface area contributed by atoms with Gasteiger partial charge in [-0.3, -0.25) is 0 Å². The summed E-state index contributed by atoms with van der Waals surface area (Å²) in [6.45, 7) is 2.58. The Morgan fingerprint density at radius 3 is 2.75 bits per heavy atom. The van der Waals surface area contributed by atoms with E-state index in [1.54, 1.807) is 12.3 Å². The van der Waals surface area contributed by atoms with E-state index >= 15 is 0 Å². The summed E-state index contributed by atoms with van der Waals surface area (Å²) in [5, 5.41) is 4.41. The fourth-order valence-electron chi connectivity index (χ4n) is 3.51.